The highest BCUT2D eigenvalue weighted by atomic mass is 16.2. The molecule has 1 aromatic carbocycles. The first-order chi connectivity index (χ1) is 12.1. The van der Waals surface area contributed by atoms with Gasteiger partial charge in [0.1, 0.15) is 0 Å². The van der Waals surface area contributed by atoms with Crippen molar-refractivity contribution in [3.63, 3.8) is 0 Å². The number of amides is 2. The van der Waals surface area contributed by atoms with Gasteiger partial charge in [0.05, 0.1) is 11.6 Å². The number of carbonyl (C=O) groups is 2. The molecule has 128 valence electrons. The molecule has 2 amide bonds. The maximum Gasteiger partial charge on any atom is 0.245 e. The lowest BCUT2D eigenvalue weighted by Gasteiger charge is -2.16. The molecule has 0 aliphatic carbocycles. The second-order valence-corrected chi connectivity index (χ2v) is 6.07. The number of rotatable bonds is 5. The van der Waals surface area contributed by atoms with E-state index in [1.54, 1.807) is 17.3 Å². The summed E-state index contributed by atoms with van der Waals surface area (Å²) in [5.74, 6) is -0.596. The fourth-order valence-electron chi connectivity index (χ4n) is 2.79. The molecular weight excluding hydrogens is 316 g/mol. The number of aromatic nitrogens is 1. The molecule has 1 aromatic heterocycles. The fraction of sp³-hybridized carbons (Fsp3) is 0.263. The quantitative estimate of drug-likeness (QED) is 0.670. The van der Waals surface area contributed by atoms with E-state index in [0.717, 1.165) is 11.1 Å². The van der Waals surface area contributed by atoms with E-state index >= 15 is 0 Å². The molecule has 0 saturated carbocycles. The summed E-state index contributed by atoms with van der Waals surface area (Å²) in [7, 11) is 0. The molecule has 1 atom stereocenters. The first kappa shape index (κ1) is 16.8. The van der Waals surface area contributed by atoms with Crippen molar-refractivity contribution in [2.45, 2.75) is 19.9 Å². The van der Waals surface area contributed by atoms with E-state index in [-0.39, 0.29) is 24.2 Å². The minimum atomic E-state index is -0.370. The summed E-state index contributed by atoms with van der Waals surface area (Å²) in [6, 6.07) is 13.4. The normalized spacial score (nSPS) is 17.6. The molecule has 6 heteroatoms. The highest BCUT2D eigenvalue weighted by molar-refractivity contribution is 5.99. The van der Waals surface area contributed by atoms with Crippen LogP contribution in [0.15, 0.2) is 60.0 Å². The Kier molecular flexibility index (Phi) is 5.18. The second-order valence-electron chi connectivity index (χ2n) is 6.07. The minimum absolute atomic E-state index is 0.00108. The zero-order valence-electron chi connectivity index (χ0n) is 14.1. The third-order valence-corrected chi connectivity index (χ3v) is 4.23. The lowest BCUT2D eigenvalue weighted by atomic mass is 10.1. The standard InChI is InChI=1S/C19H20N4O2/c1-14(16-7-9-20-10-8-16)21-22-19(25)17-11-18(24)23(13-17)12-15-5-3-2-4-6-15/h2-10,17H,11-13H2,1H3,(H,22,25). The van der Waals surface area contributed by atoms with Crippen molar-refractivity contribution < 1.29 is 9.59 Å². The van der Waals surface area contributed by atoms with Gasteiger partial charge in [0.2, 0.25) is 11.8 Å². The van der Waals surface area contributed by atoms with E-state index in [2.05, 4.69) is 15.5 Å². The number of nitrogens with one attached hydrogen (secondary N) is 1. The van der Waals surface area contributed by atoms with E-state index in [1.165, 1.54) is 0 Å². The van der Waals surface area contributed by atoms with Gasteiger partial charge in [-0.15, -0.1) is 0 Å². The van der Waals surface area contributed by atoms with Gasteiger partial charge in [-0.3, -0.25) is 14.6 Å². The Bertz CT molecular complexity index is 775. The van der Waals surface area contributed by atoms with Gasteiger partial charge < -0.3 is 4.90 Å². The highest BCUT2D eigenvalue weighted by Gasteiger charge is 2.34. The van der Waals surface area contributed by atoms with Crippen LogP contribution < -0.4 is 5.43 Å². The number of hydrogen-bond acceptors (Lipinski definition) is 4. The van der Waals surface area contributed by atoms with Gasteiger partial charge >= 0.3 is 0 Å². The molecule has 25 heavy (non-hydrogen) atoms. The second kappa shape index (κ2) is 7.70. The number of hydrogen-bond donors (Lipinski definition) is 1. The Balaban J connectivity index is 1.57. The first-order valence-electron chi connectivity index (χ1n) is 8.19. The molecule has 0 spiro atoms. The number of pyridine rings is 1. The molecule has 0 radical (unpaired) electrons. The van der Waals surface area contributed by atoms with Gasteiger partial charge in [0, 0.05) is 37.5 Å². The smallest absolute Gasteiger partial charge is 0.245 e. The first-order valence-corrected chi connectivity index (χ1v) is 8.19. The molecule has 2 heterocycles. The van der Waals surface area contributed by atoms with Crippen LogP contribution in [0.3, 0.4) is 0 Å². The third kappa shape index (κ3) is 4.29. The average Bonchev–Trinajstić information content (AvgIpc) is 3.01. The third-order valence-electron chi connectivity index (χ3n) is 4.23. The summed E-state index contributed by atoms with van der Waals surface area (Å²) < 4.78 is 0. The number of benzene rings is 1. The van der Waals surface area contributed by atoms with Crippen LogP contribution >= 0.6 is 0 Å². The molecule has 1 N–H and O–H groups in total. The van der Waals surface area contributed by atoms with Crippen molar-refractivity contribution in [1.82, 2.24) is 15.3 Å². The van der Waals surface area contributed by atoms with Gasteiger partial charge in [-0.2, -0.15) is 5.10 Å². The van der Waals surface area contributed by atoms with Crippen molar-refractivity contribution >= 4 is 17.5 Å². The summed E-state index contributed by atoms with van der Waals surface area (Å²) in [5.41, 5.74) is 5.22. The van der Waals surface area contributed by atoms with E-state index in [9.17, 15) is 9.59 Å². The Morgan fingerprint density at radius 3 is 2.68 bits per heavy atom. The van der Waals surface area contributed by atoms with Crippen molar-refractivity contribution in [3.05, 3.63) is 66.0 Å². The summed E-state index contributed by atoms with van der Waals surface area (Å²) in [4.78, 5) is 30.1. The number of hydrazone groups is 1. The molecule has 6 nitrogen and oxygen atoms in total. The van der Waals surface area contributed by atoms with E-state index in [1.807, 2.05) is 49.4 Å². The largest absolute Gasteiger partial charge is 0.338 e. The van der Waals surface area contributed by atoms with Crippen LogP contribution in [0.1, 0.15) is 24.5 Å². The van der Waals surface area contributed by atoms with E-state index in [0.29, 0.717) is 18.8 Å². The van der Waals surface area contributed by atoms with Crippen molar-refractivity contribution in [2.24, 2.45) is 11.0 Å². The van der Waals surface area contributed by atoms with Crippen LogP contribution in [0, 0.1) is 5.92 Å². The molecule has 1 aliphatic rings. The highest BCUT2D eigenvalue weighted by Crippen LogP contribution is 2.20. The minimum Gasteiger partial charge on any atom is -0.338 e. The number of likely N-dealkylation sites (tertiary alicyclic amines) is 1. The number of nitrogens with zero attached hydrogens (tertiary/aromatic N) is 3. The zero-order valence-corrected chi connectivity index (χ0v) is 14.1. The maximum absolute atomic E-state index is 12.3. The van der Waals surface area contributed by atoms with Crippen LogP contribution in [0.5, 0.6) is 0 Å². The Morgan fingerprint density at radius 1 is 1.24 bits per heavy atom. The summed E-state index contributed by atoms with van der Waals surface area (Å²) in [5, 5.41) is 4.13. The Morgan fingerprint density at radius 2 is 1.96 bits per heavy atom. The topological polar surface area (TPSA) is 74.7 Å². The van der Waals surface area contributed by atoms with Crippen LogP contribution in [0.25, 0.3) is 0 Å². The van der Waals surface area contributed by atoms with Crippen LogP contribution in [0.2, 0.25) is 0 Å². The van der Waals surface area contributed by atoms with Crippen molar-refractivity contribution in [3.8, 4) is 0 Å². The van der Waals surface area contributed by atoms with Gasteiger partial charge in [-0.1, -0.05) is 30.3 Å². The summed E-state index contributed by atoms with van der Waals surface area (Å²) in [6.45, 7) is 2.77. The summed E-state index contributed by atoms with van der Waals surface area (Å²) >= 11 is 0. The SMILES string of the molecule is CC(=NNC(=O)C1CC(=O)N(Cc2ccccc2)C1)c1ccncc1. The molecule has 3 rings (SSSR count). The molecular formula is C19H20N4O2. The van der Waals surface area contributed by atoms with Crippen LogP contribution in [-0.4, -0.2) is 34.0 Å². The van der Waals surface area contributed by atoms with Gasteiger partial charge in [-0.05, 0) is 24.6 Å². The van der Waals surface area contributed by atoms with Gasteiger partial charge in [0.15, 0.2) is 0 Å². The number of carbonyl (C=O) groups excluding carboxylic acids is 2. The van der Waals surface area contributed by atoms with E-state index < -0.39 is 0 Å². The predicted molar refractivity (Wildman–Crippen MR) is 94.6 cm³/mol. The Hall–Kier alpha value is -3.02. The molecule has 1 saturated heterocycles. The van der Waals surface area contributed by atoms with Crippen LogP contribution in [0.4, 0.5) is 0 Å². The zero-order chi connectivity index (χ0) is 17.6. The predicted octanol–water partition coefficient (Wildman–Crippen LogP) is 1.97. The fourth-order valence-corrected chi connectivity index (χ4v) is 2.79. The molecule has 1 aliphatic heterocycles. The molecule has 2 aromatic rings. The lowest BCUT2D eigenvalue weighted by molar-refractivity contribution is -0.129. The lowest BCUT2D eigenvalue weighted by Crippen LogP contribution is -2.30. The monoisotopic (exact) mass is 336 g/mol. The van der Waals surface area contributed by atoms with Gasteiger partial charge in [0.25, 0.3) is 0 Å². The van der Waals surface area contributed by atoms with Crippen molar-refractivity contribution in [1.29, 1.82) is 0 Å². The maximum atomic E-state index is 12.3. The van der Waals surface area contributed by atoms with Gasteiger partial charge in [-0.25, -0.2) is 5.43 Å². The average molecular weight is 336 g/mol. The molecule has 1 unspecified atom stereocenters. The Labute approximate surface area is 146 Å². The van der Waals surface area contributed by atoms with E-state index in [4.69, 9.17) is 0 Å². The summed E-state index contributed by atoms with van der Waals surface area (Å²) in [6.07, 6.45) is 3.57. The van der Waals surface area contributed by atoms with Crippen LogP contribution in [-0.2, 0) is 16.1 Å². The molecule has 1 fully saturated rings. The van der Waals surface area contributed by atoms with Crippen molar-refractivity contribution in [2.75, 3.05) is 6.54 Å². The molecule has 0 bridgehead atoms.